The van der Waals surface area contributed by atoms with Gasteiger partial charge in [0.1, 0.15) is 12.6 Å². The van der Waals surface area contributed by atoms with Gasteiger partial charge in [-0.05, 0) is 88.8 Å². The Balaban J connectivity index is -0.000000593. The van der Waals surface area contributed by atoms with Gasteiger partial charge in [-0.1, -0.05) is 109 Å². The molecule has 3 N–H and O–H groups in total. The number of nitrogens with two attached hydrogens (primary N) is 1. The Morgan fingerprint density at radius 1 is 1.06 bits per heavy atom. The van der Waals surface area contributed by atoms with Crippen LogP contribution in [0.5, 0.6) is 0 Å². The van der Waals surface area contributed by atoms with Crippen molar-refractivity contribution in [1.82, 2.24) is 10.3 Å². The van der Waals surface area contributed by atoms with Crippen molar-refractivity contribution in [3.63, 3.8) is 0 Å². The number of aldehydes is 2. The number of pyridine rings is 1. The van der Waals surface area contributed by atoms with E-state index in [0.717, 1.165) is 24.9 Å². The Morgan fingerprint density at radius 2 is 1.64 bits per heavy atom. The molecule has 0 unspecified atom stereocenters. The second-order valence-corrected chi connectivity index (χ2v) is 10.5. The molecule has 2 fully saturated rings. The molecular formula is C41H66N4O2. The van der Waals surface area contributed by atoms with E-state index in [0.29, 0.717) is 13.1 Å². The number of carbonyl (C=O) groups is 2. The number of nitriles is 1. The number of fused-ring (bicyclic) bond motifs is 1. The fraction of sp³-hybridized carbons (Fsp3) is 0.512. The first-order valence-corrected chi connectivity index (χ1v) is 17.3. The van der Waals surface area contributed by atoms with Crippen LogP contribution in [0.1, 0.15) is 124 Å². The van der Waals surface area contributed by atoms with Gasteiger partial charge in [0.25, 0.3) is 0 Å². The fourth-order valence-electron chi connectivity index (χ4n) is 4.11. The van der Waals surface area contributed by atoms with Crippen molar-refractivity contribution in [3.05, 3.63) is 94.9 Å². The minimum Gasteiger partial charge on any atom is -0.326 e. The minimum absolute atomic E-state index is 0.199. The molecule has 0 spiro atoms. The van der Waals surface area contributed by atoms with E-state index < -0.39 is 0 Å². The SMILES string of the molecule is C/C=C(/C)CC.C/C=C\C=O.CC.CC.CC1CC1.CC=O.CNCC#N.NCc1ccccc1C1(C2=CCc3ncccc32)CC1. The Bertz CT molecular complexity index is 1200. The number of allylic oxidation sites excluding steroid dienone is 6. The van der Waals surface area contributed by atoms with Crippen molar-refractivity contribution < 1.29 is 9.59 Å². The predicted molar refractivity (Wildman–Crippen MR) is 204 cm³/mol. The van der Waals surface area contributed by atoms with E-state index in [1.807, 2.05) is 46.0 Å². The molecule has 0 atom stereocenters. The van der Waals surface area contributed by atoms with Crippen LogP contribution < -0.4 is 11.1 Å². The van der Waals surface area contributed by atoms with Gasteiger partial charge in [-0.25, -0.2) is 0 Å². The van der Waals surface area contributed by atoms with E-state index in [-0.39, 0.29) is 5.41 Å². The lowest BCUT2D eigenvalue weighted by molar-refractivity contribution is -0.106. The lowest BCUT2D eigenvalue weighted by atomic mass is 9.82. The third-order valence-corrected chi connectivity index (χ3v) is 7.14. The molecule has 1 aromatic heterocycles. The molecular weight excluding hydrogens is 580 g/mol. The van der Waals surface area contributed by atoms with E-state index in [1.54, 1.807) is 20.0 Å². The summed E-state index contributed by atoms with van der Waals surface area (Å²) in [5, 5.41) is 10.4. The van der Waals surface area contributed by atoms with Crippen molar-refractivity contribution in [2.24, 2.45) is 11.7 Å². The summed E-state index contributed by atoms with van der Waals surface area (Å²) in [4.78, 5) is 22.6. The van der Waals surface area contributed by atoms with Crippen LogP contribution in [0.25, 0.3) is 5.57 Å². The highest BCUT2D eigenvalue weighted by molar-refractivity contribution is 5.82. The molecule has 6 nitrogen and oxygen atoms in total. The molecule has 3 aliphatic rings. The summed E-state index contributed by atoms with van der Waals surface area (Å²) in [6.07, 6.45) is 18.6. The van der Waals surface area contributed by atoms with Crippen molar-refractivity contribution in [3.8, 4) is 6.07 Å². The summed E-state index contributed by atoms with van der Waals surface area (Å²) in [5.41, 5.74) is 14.3. The lowest BCUT2D eigenvalue weighted by Gasteiger charge is -2.21. The summed E-state index contributed by atoms with van der Waals surface area (Å²) in [5.74, 6) is 1.08. The van der Waals surface area contributed by atoms with Crippen LogP contribution in [0, 0.1) is 17.2 Å². The van der Waals surface area contributed by atoms with Crippen LogP contribution in [-0.4, -0.2) is 31.1 Å². The first-order chi connectivity index (χ1) is 22.8. The number of aromatic nitrogens is 1. The van der Waals surface area contributed by atoms with Crippen LogP contribution in [-0.2, 0) is 28.0 Å². The standard InChI is InChI=1S/C18H18N2.C6H12.C4H6O.C4H8.C3H6N2.C2H4O.2C2H6/c19-12-13-4-1-2-6-15(13)18(9-10-18)16-7-8-17-14(16)5-3-11-20-17;1-4-6(3)5-2;1-2-3-4-5;1-4-2-3-4;1-5-3-2-4;1-2-3;2*1-2/h1-7,11H,8-10,12,19H2;4H,5H2,1-3H3;2-4H,1H3;4H,2-3H2,1H3;5H,3H2,1H3;2H,1H3;2*1-2H3/b;6-4-;3-2-;;;;;. The third-order valence-electron chi connectivity index (χ3n) is 7.14. The third kappa shape index (κ3) is 21.0. The Labute approximate surface area is 288 Å². The second kappa shape index (κ2) is 32.3. The molecule has 262 valence electrons. The van der Waals surface area contributed by atoms with E-state index in [2.05, 4.69) is 80.5 Å². The number of hydrogen-bond acceptors (Lipinski definition) is 6. The van der Waals surface area contributed by atoms with Gasteiger partial charge in [0.05, 0.1) is 18.3 Å². The molecule has 3 aliphatic carbocycles. The Morgan fingerprint density at radius 3 is 1.98 bits per heavy atom. The second-order valence-electron chi connectivity index (χ2n) is 10.5. The maximum Gasteiger partial charge on any atom is 0.142 e. The molecule has 1 aromatic carbocycles. The van der Waals surface area contributed by atoms with Gasteiger partial charge in [-0.2, -0.15) is 5.26 Å². The van der Waals surface area contributed by atoms with Crippen LogP contribution in [0.3, 0.4) is 0 Å². The van der Waals surface area contributed by atoms with Gasteiger partial charge >= 0.3 is 0 Å². The average molecular weight is 647 g/mol. The van der Waals surface area contributed by atoms with Gasteiger partial charge in [0, 0.05) is 30.1 Å². The molecule has 2 saturated carbocycles. The minimum atomic E-state index is 0.199. The molecule has 5 rings (SSSR count). The van der Waals surface area contributed by atoms with Crippen molar-refractivity contribution >= 4 is 18.1 Å². The van der Waals surface area contributed by atoms with Gasteiger partial charge in [0.2, 0.25) is 0 Å². The largest absolute Gasteiger partial charge is 0.326 e. The van der Waals surface area contributed by atoms with E-state index >= 15 is 0 Å². The normalized spacial score (nSPS) is 13.9. The highest BCUT2D eigenvalue weighted by Gasteiger charge is 2.50. The van der Waals surface area contributed by atoms with Crippen molar-refractivity contribution in [2.75, 3.05) is 13.6 Å². The van der Waals surface area contributed by atoms with Crippen molar-refractivity contribution in [1.29, 1.82) is 5.26 Å². The number of nitrogens with zero attached hydrogens (tertiary/aromatic N) is 2. The van der Waals surface area contributed by atoms with Gasteiger partial charge < -0.3 is 15.8 Å². The molecule has 2 aromatic rings. The maximum absolute atomic E-state index is 9.32. The van der Waals surface area contributed by atoms with Gasteiger partial charge in [-0.3, -0.25) is 9.78 Å². The number of carbonyl (C=O) groups excluding carboxylic acids is 2. The van der Waals surface area contributed by atoms with E-state index in [9.17, 15) is 4.79 Å². The molecule has 0 aliphatic heterocycles. The first kappa shape index (κ1) is 47.7. The summed E-state index contributed by atoms with van der Waals surface area (Å²) in [6.45, 7) is 21.0. The Kier molecular flexibility index (Phi) is 32.8. The zero-order chi connectivity index (χ0) is 36.5. The van der Waals surface area contributed by atoms with Gasteiger partial charge in [0.15, 0.2) is 0 Å². The summed E-state index contributed by atoms with van der Waals surface area (Å²) >= 11 is 0. The number of rotatable bonds is 6. The lowest BCUT2D eigenvalue weighted by Crippen LogP contribution is -2.13. The molecule has 0 saturated heterocycles. The average Bonchev–Trinajstić information content (AvgIpc) is 4.06. The predicted octanol–water partition coefficient (Wildman–Crippen LogP) is 9.74. The smallest absolute Gasteiger partial charge is 0.142 e. The van der Waals surface area contributed by atoms with E-state index in [4.69, 9.17) is 15.8 Å². The topological polar surface area (TPSA) is 109 Å². The summed E-state index contributed by atoms with van der Waals surface area (Å²) in [7, 11) is 1.74. The first-order valence-electron chi connectivity index (χ1n) is 17.3. The van der Waals surface area contributed by atoms with Crippen LogP contribution >= 0.6 is 0 Å². The monoisotopic (exact) mass is 647 g/mol. The summed E-state index contributed by atoms with van der Waals surface area (Å²) < 4.78 is 0. The molecule has 0 amide bonds. The fourth-order valence-corrected chi connectivity index (χ4v) is 4.11. The quantitative estimate of drug-likeness (QED) is 0.140. The molecule has 0 bridgehead atoms. The molecule has 1 heterocycles. The van der Waals surface area contributed by atoms with Crippen LogP contribution in [0.15, 0.2) is 72.5 Å². The number of benzene rings is 1. The van der Waals surface area contributed by atoms with E-state index in [1.165, 1.54) is 78.6 Å². The molecule has 6 heteroatoms. The zero-order valence-electron chi connectivity index (χ0n) is 31.5. The Hall–Kier alpha value is -3.66. The maximum atomic E-state index is 9.32. The molecule has 0 radical (unpaired) electrons. The highest BCUT2D eigenvalue weighted by Crippen LogP contribution is 2.59. The van der Waals surface area contributed by atoms with Gasteiger partial charge in [-0.15, -0.1) is 0 Å². The van der Waals surface area contributed by atoms with Crippen molar-refractivity contribution in [2.45, 2.75) is 120 Å². The number of nitrogens with one attached hydrogen (secondary N) is 1. The number of hydrogen-bond donors (Lipinski definition) is 2. The zero-order valence-corrected chi connectivity index (χ0v) is 31.5. The summed E-state index contributed by atoms with van der Waals surface area (Å²) in [6, 6.07) is 14.8. The van der Waals surface area contributed by atoms with Crippen LogP contribution in [0.4, 0.5) is 0 Å². The highest BCUT2D eigenvalue weighted by atomic mass is 16.1. The van der Waals surface area contributed by atoms with Crippen LogP contribution in [0.2, 0.25) is 0 Å². The molecule has 47 heavy (non-hydrogen) atoms.